The Hall–Kier alpha value is -2.43. The first-order valence-corrected chi connectivity index (χ1v) is 12.6. The maximum absolute atomic E-state index is 12.9. The molecule has 4 atom stereocenters. The van der Waals surface area contributed by atoms with Gasteiger partial charge in [0.05, 0.1) is 12.9 Å². The molecule has 0 aliphatic carbocycles. The van der Waals surface area contributed by atoms with E-state index < -0.39 is 30.4 Å². The molecule has 4 rings (SSSR count). The molecule has 38 heavy (non-hydrogen) atoms. The number of aliphatic hydroxyl groups is 2. The molecule has 2 aliphatic rings. The van der Waals surface area contributed by atoms with Crippen LogP contribution in [0.2, 0.25) is 0 Å². The molecule has 1 radical (unpaired) electrons. The van der Waals surface area contributed by atoms with Crippen LogP contribution in [-0.4, -0.2) is 124 Å². The van der Waals surface area contributed by atoms with Crippen LogP contribution in [0, 0.1) is 0 Å². The minimum absolute atomic E-state index is 0. The summed E-state index contributed by atoms with van der Waals surface area (Å²) in [7, 11) is 0. The summed E-state index contributed by atoms with van der Waals surface area (Å²) in [6.45, 7) is 5.81. The molecule has 0 spiro atoms. The van der Waals surface area contributed by atoms with Crippen LogP contribution in [0.25, 0.3) is 11.2 Å². The predicted molar refractivity (Wildman–Crippen MR) is 133 cm³/mol. The van der Waals surface area contributed by atoms with Crippen LogP contribution in [0.15, 0.2) is 12.7 Å². The summed E-state index contributed by atoms with van der Waals surface area (Å²) in [6.07, 6.45) is -1.09. The Morgan fingerprint density at radius 1 is 1.00 bits per heavy atom. The summed E-state index contributed by atoms with van der Waals surface area (Å²) < 4.78 is 7.08. The molecule has 16 heteroatoms. The van der Waals surface area contributed by atoms with Crippen molar-refractivity contribution in [3.05, 3.63) is 12.7 Å². The Bertz CT molecular complexity index is 1040. The standard InChI is InChI=1S/C22H36N10O5.Cu/c23-19-15-20(29-12-28-19)32(13-30-15)22-17(35)16(34)18(37-22)21(36)27-11-14(33)31-9-2-5-25-7-6-24-3-1-4-26-8-10-31;/h12-13,16-18,22,24-26,34-35H,1-11H2,(H,27,36)(H2,23,28,29);/q;+2/t16-,17+,18-,22+;/m0./s1. The van der Waals surface area contributed by atoms with E-state index in [1.54, 1.807) is 4.90 Å². The molecule has 15 nitrogen and oxygen atoms in total. The van der Waals surface area contributed by atoms with Gasteiger partial charge in [-0.3, -0.25) is 14.2 Å². The van der Waals surface area contributed by atoms with E-state index in [1.807, 2.05) is 0 Å². The molecule has 0 unspecified atom stereocenters. The van der Waals surface area contributed by atoms with Crippen molar-refractivity contribution >= 4 is 28.8 Å². The predicted octanol–water partition coefficient (Wildman–Crippen LogP) is -3.47. The summed E-state index contributed by atoms with van der Waals surface area (Å²) in [5.74, 6) is -0.781. The van der Waals surface area contributed by atoms with E-state index in [2.05, 4.69) is 36.2 Å². The largest absolute Gasteiger partial charge is 2.00 e. The van der Waals surface area contributed by atoms with Crippen LogP contribution in [0.4, 0.5) is 5.82 Å². The molecule has 0 bridgehead atoms. The van der Waals surface area contributed by atoms with Crippen LogP contribution in [-0.2, 0) is 31.4 Å². The summed E-state index contributed by atoms with van der Waals surface area (Å²) in [6, 6.07) is 0. The molecule has 213 valence electrons. The number of nitrogens with zero attached hydrogens (tertiary/aromatic N) is 5. The first-order chi connectivity index (χ1) is 18.0. The summed E-state index contributed by atoms with van der Waals surface area (Å²) in [5, 5.41) is 33.7. The van der Waals surface area contributed by atoms with Gasteiger partial charge in [-0.05, 0) is 32.5 Å². The summed E-state index contributed by atoms with van der Waals surface area (Å²) >= 11 is 0. The van der Waals surface area contributed by atoms with Gasteiger partial charge < -0.3 is 46.9 Å². The molecular weight excluding hydrogens is 548 g/mol. The topological polar surface area (TPSA) is 205 Å². The number of aromatic nitrogens is 4. The van der Waals surface area contributed by atoms with Gasteiger partial charge in [-0.1, -0.05) is 0 Å². The number of carbonyl (C=O) groups is 2. The average Bonchev–Trinajstić information content (AvgIpc) is 3.45. The Kier molecular flexibility index (Phi) is 11.6. The molecule has 4 heterocycles. The van der Waals surface area contributed by atoms with Gasteiger partial charge in [-0.25, -0.2) is 15.0 Å². The Balaban J connectivity index is 0.00000400. The number of carbonyl (C=O) groups excluding carboxylic acids is 2. The average molecular weight is 584 g/mol. The third-order valence-electron chi connectivity index (χ3n) is 6.45. The first-order valence-electron chi connectivity index (χ1n) is 12.6. The van der Waals surface area contributed by atoms with Crippen molar-refractivity contribution in [1.82, 2.24) is 45.7 Å². The maximum Gasteiger partial charge on any atom is 2.00 e. The van der Waals surface area contributed by atoms with E-state index in [0.29, 0.717) is 30.8 Å². The van der Waals surface area contributed by atoms with Crippen molar-refractivity contribution in [2.24, 2.45) is 0 Å². The van der Waals surface area contributed by atoms with Gasteiger partial charge in [0, 0.05) is 32.7 Å². The van der Waals surface area contributed by atoms with E-state index >= 15 is 0 Å². The molecule has 2 amide bonds. The van der Waals surface area contributed by atoms with E-state index in [-0.39, 0.29) is 35.3 Å². The zero-order chi connectivity index (χ0) is 26.2. The summed E-state index contributed by atoms with van der Waals surface area (Å²) in [5.41, 5.74) is 6.41. The van der Waals surface area contributed by atoms with E-state index in [0.717, 1.165) is 45.6 Å². The van der Waals surface area contributed by atoms with E-state index in [1.165, 1.54) is 17.2 Å². The van der Waals surface area contributed by atoms with Gasteiger partial charge in [-0.15, -0.1) is 0 Å². The number of aliphatic hydroxyl groups excluding tert-OH is 2. The number of rotatable bonds is 4. The van der Waals surface area contributed by atoms with Gasteiger partial charge >= 0.3 is 17.1 Å². The number of hydrogen-bond donors (Lipinski definition) is 7. The molecule has 2 aromatic rings. The number of nitrogen functional groups attached to an aromatic ring is 1. The van der Waals surface area contributed by atoms with E-state index in [9.17, 15) is 19.8 Å². The monoisotopic (exact) mass is 583 g/mol. The second-order valence-electron chi connectivity index (χ2n) is 9.07. The third-order valence-corrected chi connectivity index (χ3v) is 6.45. The number of amides is 2. The van der Waals surface area contributed by atoms with Gasteiger partial charge in [0.1, 0.15) is 24.1 Å². The number of ether oxygens (including phenoxy) is 1. The third kappa shape index (κ3) is 7.36. The van der Waals surface area contributed by atoms with Crippen LogP contribution in [0.3, 0.4) is 0 Å². The van der Waals surface area contributed by atoms with Crippen LogP contribution in [0.1, 0.15) is 19.1 Å². The van der Waals surface area contributed by atoms with Crippen LogP contribution in [0.5, 0.6) is 0 Å². The first kappa shape index (κ1) is 30.1. The number of fused-ring (bicyclic) bond motifs is 1. The van der Waals surface area contributed by atoms with Gasteiger partial charge in [0.25, 0.3) is 5.91 Å². The van der Waals surface area contributed by atoms with Gasteiger partial charge in [0.15, 0.2) is 23.8 Å². The van der Waals surface area contributed by atoms with Crippen LogP contribution < -0.4 is 27.0 Å². The Labute approximate surface area is 230 Å². The molecule has 0 aromatic carbocycles. The quantitative estimate of drug-likeness (QED) is 0.175. The maximum atomic E-state index is 12.9. The molecule has 8 N–H and O–H groups in total. The van der Waals surface area contributed by atoms with Crippen molar-refractivity contribution in [2.75, 3.05) is 64.6 Å². The Morgan fingerprint density at radius 3 is 2.47 bits per heavy atom. The summed E-state index contributed by atoms with van der Waals surface area (Å²) in [4.78, 5) is 39.5. The molecule has 2 fully saturated rings. The number of hydrogen-bond acceptors (Lipinski definition) is 12. The van der Waals surface area contributed by atoms with Crippen molar-refractivity contribution in [3.63, 3.8) is 0 Å². The van der Waals surface area contributed by atoms with Crippen molar-refractivity contribution in [3.8, 4) is 0 Å². The molecule has 2 aromatic heterocycles. The Morgan fingerprint density at radius 2 is 1.71 bits per heavy atom. The zero-order valence-corrected chi connectivity index (χ0v) is 21.9. The van der Waals surface area contributed by atoms with Gasteiger partial charge in [0.2, 0.25) is 5.91 Å². The molecule has 2 aliphatic heterocycles. The minimum Gasteiger partial charge on any atom is -0.387 e. The minimum atomic E-state index is -1.52. The van der Waals surface area contributed by atoms with Crippen molar-refractivity contribution < 1.29 is 41.6 Å². The second kappa shape index (κ2) is 14.6. The normalized spacial score (nSPS) is 25.9. The van der Waals surface area contributed by atoms with Crippen LogP contribution >= 0.6 is 0 Å². The number of nitrogens with two attached hydrogens (primary N) is 1. The van der Waals surface area contributed by atoms with E-state index in [4.69, 9.17) is 10.5 Å². The number of nitrogens with one attached hydrogen (secondary N) is 4. The van der Waals surface area contributed by atoms with Gasteiger partial charge in [-0.2, -0.15) is 0 Å². The fraction of sp³-hybridized carbons (Fsp3) is 0.682. The SMILES string of the molecule is Nc1ncnc2c1ncn2[C@@H]1O[C@H](C(=O)NCC(=O)N2CCCNCCNCCCNCC2)[C@@H](O)[C@H]1O.[Cu+2]. The molecular formula is C22H36CuN10O5+2. The fourth-order valence-corrected chi connectivity index (χ4v) is 4.40. The second-order valence-corrected chi connectivity index (χ2v) is 9.07. The molecule has 2 saturated heterocycles. The number of imidazole rings is 1. The smallest absolute Gasteiger partial charge is 0.387 e. The van der Waals surface area contributed by atoms with Crippen molar-refractivity contribution in [2.45, 2.75) is 37.4 Å². The zero-order valence-electron chi connectivity index (χ0n) is 21.0. The number of anilines is 1. The fourth-order valence-electron chi connectivity index (χ4n) is 4.40. The van der Waals surface area contributed by atoms with Crippen molar-refractivity contribution in [1.29, 1.82) is 0 Å². The molecule has 0 saturated carbocycles.